The van der Waals surface area contributed by atoms with Crippen molar-refractivity contribution in [2.45, 2.75) is 130 Å². The standard InChI is InChI=1S/C63H68N6O13/c1-12-32-26(4)37-20-39-28(6)34(54(66-39)50-53(62(77)80-11)59(74)47-29(7)40(67-55(47)50)22-42-33(13-2)27(5)38(65-42)21-41(32)64-37)17-18-45(70)69-68-31(9)63(78)23-36-49(44(24-63)82-46-19-25(3)56(71)30(8)81-46)61(76)52-51(58(36)73)57(72)35-15-14-16-43(79-10)48(35)60(52)75/h12,14-16,20-22,25,28,30,34,40,44,46,53,56,64-66,71,73,76,78H,1,13,17-19,23-24H2,2-11H3,(H,69,70)/b38-21?,39-20-,42-22-,54-50?,68-31+/t25-,28+,30-,34?,40?,44+,46+,53?,56-,63+/m0/s1. The molecule has 82 heavy (non-hydrogen) atoms. The van der Waals surface area contributed by atoms with Crippen LogP contribution in [0.2, 0.25) is 0 Å². The van der Waals surface area contributed by atoms with Crippen LogP contribution in [0.4, 0.5) is 0 Å². The fraction of sp³-hybridized carbons (Fsp3) is 0.413. The topological polar surface area (TPSA) is 284 Å². The third kappa shape index (κ3) is 8.73. The Labute approximate surface area is 473 Å². The van der Waals surface area contributed by atoms with Crippen molar-refractivity contribution >= 4 is 65.0 Å². The summed E-state index contributed by atoms with van der Waals surface area (Å²) in [5.41, 5.74) is 8.38. The number of phenols is 2. The molecular formula is C63H68N6O13. The molecule has 8 bridgehead atoms. The number of carbonyl (C=O) groups excluding carboxylic acids is 5. The number of carbonyl (C=O) groups is 5. The average molecular weight is 1120 g/mol. The number of amides is 1. The Hall–Kier alpha value is -7.97. The van der Waals surface area contributed by atoms with Crippen LogP contribution in [-0.4, -0.2) is 115 Å². The van der Waals surface area contributed by atoms with E-state index in [4.69, 9.17) is 23.9 Å². The van der Waals surface area contributed by atoms with Crippen LogP contribution in [0.5, 0.6) is 17.2 Å². The first-order chi connectivity index (χ1) is 39.0. The van der Waals surface area contributed by atoms with E-state index < -0.39 is 106 Å². The van der Waals surface area contributed by atoms with Crippen molar-refractivity contribution in [2.24, 2.45) is 33.8 Å². The molecule has 6 heterocycles. The molecule has 19 heteroatoms. The van der Waals surface area contributed by atoms with Crippen molar-refractivity contribution < 1.29 is 63.3 Å². The number of esters is 1. The Morgan fingerprint density at radius 2 is 1.73 bits per heavy atom. The molecule has 11 rings (SSSR count). The number of Topliss-reactive ketones (excluding diaryl/α,β-unsaturated/α-hetero) is 1. The van der Waals surface area contributed by atoms with E-state index in [1.54, 1.807) is 6.92 Å². The van der Waals surface area contributed by atoms with E-state index in [9.17, 15) is 44.4 Å². The summed E-state index contributed by atoms with van der Waals surface area (Å²) in [6.45, 7) is 19.2. The summed E-state index contributed by atoms with van der Waals surface area (Å²) in [5.74, 6) is -6.75. The first-order valence-corrected chi connectivity index (χ1v) is 27.9. The number of hydrogen-bond donors (Lipinski definition) is 8. The van der Waals surface area contributed by atoms with Crippen LogP contribution in [0.1, 0.15) is 150 Å². The van der Waals surface area contributed by atoms with E-state index in [1.807, 2.05) is 45.9 Å². The van der Waals surface area contributed by atoms with Crippen LogP contribution < -0.4 is 26.2 Å². The molecule has 2 aromatic carbocycles. The summed E-state index contributed by atoms with van der Waals surface area (Å²) >= 11 is 0. The van der Waals surface area contributed by atoms with Gasteiger partial charge in [0.2, 0.25) is 11.7 Å². The number of hydrogen-bond acceptors (Lipinski definition) is 16. The highest BCUT2D eigenvalue weighted by Gasteiger charge is 2.53. The Morgan fingerprint density at radius 3 is 2.43 bits per heavy atom. The molecule has 0 radical (unpaired) electrons. The number of nitrogens with zero attached hydrogens (tertiary/aromatic N) is 2. The molecule has 7 aliphatic rings. The van der Waals surface area contributed by atoms with Gasteiger partial charge < -0.3 is 54.7 Å². The summed E-state index contributed by atoms with van der Waals surface area (Å²) in [5, 5.41) is 57.6. The summed E-state index contributed by atoms with van der Waals surface area (Å²) in [7, 11) is 2.59. The smallest absolute Gasteiger partial charge is 0.321 e. The molecule has 3 fully saturated rings. The van der Waals surface area contributed by atoms with Crippen molar-refractivity contribution in [1.29, 1.82) is 0 Å². The predicted octanol–water partition coefficient (Wildman–Crippen LogP) is 5.78. The SMILES string of the molecule is C=Cc1c2[nH]c(c1C)/C=C1\NC(=C3C4=NC(/C=c5\[nH]c(c(C)c5CC)=C2)C(C)=C4C(=O)C3C(=O)OC)C(CCC(=O)N/N=C(\C)[C@@]2(O)Cc3c(O)c4c(c(O)c3[C@H](O[C@@H]3C[C@H](C)[C@H](O)[C@H](C)O3)C2)C(=O)c2c(OC)cccc2C4=O)[C@H]1C. The molecule has 4 aliphatic heterocycles. The minimum absolute atomic E-state index is 0.0111. The Morgan fingerprint density at radius 1 is 0.988 bits per heavy atom. The number of aromatic amines is 2. The lowest BCUT2D eigenvalue weighted by Gasteiger charge is -2.43. The quantitative estimate of drug-likeness (QED) is 0.0256. The maximum absolute atomic E-state index is 14.6. The lowest BCUT2D eigenvalue weighted by Crippen LogP contribution is -2.48. The maximum Gasteiger partial charge on any atom is 0.321 e. The molecule has 0 spiro atoms. The molecule has 1 saturated carbocycles. The number of aromatic hydroxyl groups is 2. The number of allylic oxidation sites excluding steroid dienone is 3. The van der Waals surface area contributed by atoms with Gasteiger partial charge in [-0.05, 0) is 99.9 Å². The lowest BCUT2D eigenvalue weighted by atomic mass is 9.71. The minimum Gasteiger partial charge on any atom is -0.507 e. The van der Waals surface area contributed by atoms with Crippen LogP contribution in [-0.2, 0) is 41.4 Å². The van der Waals surface area contributed by atoms with Gasteiger partial charge in [0.1, 0.15) is 28.8 Å². The van der Waals surface area contributed by atoms with Gasteiger partial charge in [-0.3, -0.25) is 29.0 Å². The molecule has 4 aromatic rings. The molecule has 3 unspecified atom stereocenters. The summed E-state index contributed by atoms with van der Waals surface area (Å²) in [4.78, 5) is 83.7. The third-order valence-electron chi connectivity index (χ3n) is 18.2. The zero-order valence-electron chi connectivity index (χ0n) is 47.5. The van der Waals surface area contributed by atoms with Crippen molar-refractivity contribution in [3.8, 4) is 17.2 Å². The summed E-state index contributed by atoms with van der Waals surface area (Å²) in [6.07, 6.45) is 4.47. The number of fused-ring (bicyclic) bond motifs is 10. The van der Waals surface area contributed by atoms with Crippen molar-refractivity contribution in [1.82, 2.24) is 20.7 Å². The molecular weight excluding hydrogens is 1050 g/mol. The number of ketones is 3. The second kappa shape index (κ2) is 20.8. The Balaban J connectivity index is 0.942. The highest BCUT2D eigenvalue weighted by molar-refractivity contribution is 6.42. The fourth-order valence-electron chi connectivity index (χ4n) is 13.5. The number of aliphatic hydroxyl groups is 2. The van der Waals surface area contributed by atoms with Gasteiger partial charge in [-0.1, -0.05) is 45.6 Å². The number of phenolic OH excluding ortho intramolecular Hbond substituents is 2. The summed E-state index contributed by atoms with van der Waals surface area (Å²) in [6, 6.07) is 3.94. The van der Waals surface area contributed by atoms with Gasteiger partial charge in [0, 0.05) is 104 Å². The van der Waals surface area contributed by atoms with E-state index in [-0.39, 0.29) is 71.2 Å². The van der Waals surface area contributed by atoms with Gasteiger partial charge in [0.25, 0.3) is 0 Å². The molecule has 10 atom stereocenters. The van der Waals surface area contributed by atoms with Crippen LogP contribution in [0.25, 0.3) is 24.3 Å². The van der Waals surface area contributed by atoms with E-state index in [0.717, 1.165) is 56.5 Å². The lowest BCUT2D eigenvalue weighted by molar-refractivity contribution is -0.254. The first kappa shape index (κ1) is 55.9. The Bertz CT molecular complexity index is 3800. The third-order valence-corrected chi connectivity index (χ3v) is 18.2. The molecule has 1 amide bonds. The van der Waals surface area contributed by atoms with Gasteiger partial charge in [-0.15, -0.1) is 0 Å². The van der Waals surface area contributed by atoms with Crippen molar-refractivity contribution in [3.63, 3.8) is 0 Å². The monoisotopic (exact) mass is 1120 g/mol. The number of aliphatic hydroxyl groups excluding tert-OH is 1. The molecule has 2 saturated heterocycles. The van der Waals surface area contributed by atoms with E-state index in [1.165, 1.54) is 39.3 Å². The van der Waals surface area contributed by atoms with Crippen LogP contribution in [0.15, 0.2) is 63.0 Å². The molecule has 428 valence electrons. The molecule has 19 nitrogen and oxygen atoms in total. The number of H-pyrrole nitrogens is 2. The van der Waals surface area contributed by atoms with Gasteiger partial charge in [-0.2, -0.15) is 5.10 Å². The van der Waals surface area contributed by atoms with Crippen LogP contribution in [0, 0.1) is 37.5 Å². The van der Waals surface area contributed by atoms with Gasteiger partial charge in [0.15, 0.2) is 17.9 Å². The summed E-state index contributed by atoms with van der Waals surface area (Å²) < 4.78 is 23.4. The van der Waals surface area contributed by atoms with E-state index >= 15 is 0 Å². The number of hydrazone groups is 1. The highest BCUT2D eigenvalue weighted by atomic mass is 16.7. The number of aliphatic imine (C=N–C) groups is 1. The zero-order chi connectivity index (χ0) is 58.7. The number of rotatable bonds is 11. The van der Waals surface area contributed by atoms with Gasteiger partial charge in [0.05, 0.1) is 66.7 Å². The number of aromatic nitrogens is 2. The van der Waals surface area contributed by atoms with E-state index in [0.29, 0.717) is 28.1 Å². The second-order valence-corrected chi connectivity index (χ2v) is 22.8. The largest absolute Gasteiger partial charge is 0.507 e. The number of nitrogens with one attached hydrogen (secondary N) is 4. The minimum atomic E-state index is -2.00. The Kier molecular flexibility index (Phi) is 14.2. The number of benzene rings is 2. The van der Waals surface area contributed by atoms with Crippen molar-refractivity contribution in [3.05, 3.63) is 131 Å². The van der Waals surface area contributed by atoms with Crippen molar-refractivity contribution in [2.75, 3.05) is 14.2 Å². The first-order valence-electron chi connectivity index (χ1n) is 27.9. The second-order valence-electron chi connectivity index (χ2n) is 22.8. The number of ether oxygens (including phenoxy) is 4. The maximum atomic E-state index is 14.6. The zero-order valence-corrected chi connectivity index (χ0v) is 47.5. The fourth-order valence-corrected chi connectivity index (χ4v) is 13.5. The average Bonchev–Trinajstić information content (AvgIpc) is 1.51. The normalized spacial score (nSPS) is 28.2. The highest BCUT2D eigenvalue weighted by Crippen LogP contribution is 2.53. The predicted molar refractivity (Wildman–Crippen MR) is 304 cm³/mol. The van der Waals surface area contributed by atoms with Gasteiger partial charge in [-0.25, -0.2) is 5.43 Å². The molecule has 2 aromatic heterocycles. The van der Waals surface area contributed by atoms with Crippen LogP contribution in [0.3, 0.4) is 0 Å². The molecule has 8 N–H and O–H groups in total. The number of methoxy groups -OCH3 is 2. The van der Waals surface area contributed by atoms with Gasteiger partial charge >= 0.3 is 5.97 Å². The van der Waals surface area contributed by atoms with E-state index in [2.05, 4.69) is 52.3 Å². The van der Waals surface area contributed by atoms with Crippen LogP contribution >= 0.6 is 0 Å². The molecule has 3 aliphatic carbocycles.